The minimum atomic E-state index is -0.509. The zero-order valence-corrected chi connectivity index (χ0v) is 11.2. The molecule has 19 heavy (non-hydrogen) atoms. The first kappa shape index (κ1) is 13.5. The Bertz CT molecular complexity index is 472. The van der Waals surface area contributed by atoms with E-state index in [0.717, 1.165) is 12.8 Å². The summed E-state index contributed by atoms with van der Waals surface area (Å²) in [5.41, 5.74) is -0.107. The molecule has 1 aliphatic rings. The van der Waals surface area contributed by atoms with E-state index in [1.54, 1.807) is 0 Å². The van der Waals surface area contributed by atoms with Crippen LogP contribution in [0.4, 0.5) is 5.69 Å². The fourth-order valence-corrected chi connectivity index (χ4v) is 1.97. The van der Waals surface area contributed by atoms with E-state index in [1.165, 1.54) is 19.4 Å². The van der Waals surface area contributed by atoms with Gasteiger partial charge in [-0.2, -0.15) is 0 Å². The molecule has 1 fully saturated rings. The number of nitro groups is 1. The van der Waals surface area contributed by atoms with Gasteiger partial charge in [-0.05, 0) is 14.1 Å². The lowest BCUT2D eigenvalue weighted by atomic mass is 9.88. The number of aromatic nitrogens is 1. The molecular weight excluding hydrogens is 250 g/mol. The molecule has 0 unspecified atom stereocenters. The molecule has 1 aromatic rings. The van der Waals surface area contributed by atoms with Crippen LogP contribution in [0.25, 0.3) is 0 Å². The summed E-state index contributed by atoms with van der Waals surface area (Å²) in [6.45, 7) is 0. The van der Waals surface area contributed by atoms with Gasteiger partial charge in [-0.3, -0.25) is 10.1 Å². The summed E-state index contributed by atoms with van der Waals surface area (Å²) in [7, 11) is 5.51. The highest BCUT2D eigenvalue weighted by atomic mass is 16.6. The van der Waals surface area contributed by atoms with E-state index < -0.39 is 4.92 Å². The molecular formula is C12H17N3O4. The highest BCUT2D eigenvalue weighted by Gasteiger charge is 2.33. The van der Waals surface area contributed by atoms with Crippen LogP contribution < -0.4 is 9.47 Å². The number of nitrogens with zero attached hydrogens (tertiary/aromatic N) is 3. The maximum Gasteiger partial charge on any atom is 0.291 e. The van der Waals surface area contributed by atoms with Crippen LogP contribution in [-0.2, 0) is 0 Å². The first-order valence-electron chi connectivity index (χ1n) is 6.02. The molecule has 0 N–H and O–H groups in total. The van der Waals surface area contributed by atoms with Crippen molar-refractivity contribution >= 4 is 5.69 Å². The standard InChI is InChI=1S/C12H17N3O4/c1-14(2)8-4-10(5-8)19-12-11(18-3)6-9(7-13-12)15(16)17/h6-8,10H,4-5H2,1-3H3. The lowest BCUT2D eigenvalue weighted by Crippen LogP contribution is -2.46. The first-order chi connectivity index (χ1) is 9.01. The molecule has 7 heteroatoms. The third kappa shape index (κ3) is 2.93. The van der Waals surface area contributed by atoms with Crippen molar-refractivity contribution in [2.45, 2.75) is 25.0 Å². The largest absolute Gasteiger partial charge is 0.491 e. The quantitative estimate of drug-likeness (QED) is 0.594. The molecule has 0 saturated heterocycles. The molecule has 0 amide bonds. The van der Waals surface area contributed by atoms with E-state index in [4.69, 9.17) is 9.47 Å². The Labute approximate surface area is 111 Å². The monoisotopic (exact) mass is 267 g/mol. The molecule has 1 aromatic heterocycles. The Kier molecular flexibility index (Phi) is 3.84. The molecule has 1 heterocycles. The van der Waals surface area contributed by atoms with E-state index in [2.05, 4.69) is 9.88 Å². The summed E-state index contributed by atoms with van der Waals surface area (Å²) in [6.07, 6.45) is 3.12. The highest BCUT2D eigenvalue weighted by Crippen LogP contribution is 2.33. The van der Waals surface area contributed by atoms with Crippen LogP contribution in [0, 0.1) is 10.1 Å². The summed E-state index contributed by atoms with van der Waals surface area (Å²) in [5, 5.41) is 10.7. The Morgan fingerprint density at radius 3 is 2.68 bits per heavy atom. The third-order valence-electron chi connectivity index (χ3n) is 3.31. The van der Waals surface area contributed by atoms with Gasteiger partial charge in [0.1, 0.15) is 12.3 Å². The number of pyridine rings is 1. The van der Waals surface area contributed by atoms with Crippen molar-refractivity contribution in [2.24, 2.45) is 0 Å². The van der Waals surface area contributed by atoms with Gasteiger partial charge in [0, 0.05) is 18.9 Å². The fourth-order valence-electron chi connectivity index (χ4n) is 1.97. The second-order valence-electron chi connectivity index (χ2n) is 4.79. The van der Waals surface area contributed by atoms with E-state index in [1.807, 2.05) is 14.1 Å². The minimum Gasteiger partial charge on any atom is -0.491 e. The van der Waals surface area contributed by atoms with Crippen LogP contribution >= 0.6 is 0 Å². The van der Waals surface area contributed by atoms with Gasteiger partial charge in [0.05, 0.1) is 18.1 Å². The zero-order chi connectivity index (χ0) is 14.0. The van der Waals surface area contributed by atoms with Crippen molar-refractivity contribution in [3.63, 3.8) is 0 Å². The van der Waals surface area contributed by atoms with Crippen LogP contribution in [0.1, 0.15) is 12.8 Å². The summed E-state index contributed by atoms with van der Waals surface area (Å²) in [4.78, 5) is 16.3. The number of hydrogen-bond donors (Lipinski definition) is 0. The lowest BCUT2D eigenvalue weighted by Gasteiger charge is -2.39. The maximum atomic E-state index is 10.7. The molecule has 0 spiro atoms. The molecule has 7 nitrogen and oxygen atoms in total. The van der Waals surface area contributed by atoms with Crippen LogP contribution in [-0.4, -0.2) is 48.2 Å². The van der Waals surface area contributed by atoms with Crippen molar-refractivity contribution in [2.75, 3.05) is 21.2 Å². The number of ether oxygens (including phenoxy) is 2. The summed E-state index contributed by atoms with van der Waals surface area (Å²) < 4.78 is 10.8. The van der Waals surface area contributed by atoms with E-state index in [0.29, 0.717) is 17.7 Å². The van der Waals surface area contributed by atoms with E-state index >= 15 is 0 Å². The van der Waals surface area contributed by atoms with Gasteiger partial charge in [-0.1, -0.05) is 0 Å². The van der Waals surface area contributed by atoms with Gasteiger partial charge >= 0.3 is 0 Å². The molecule has 0 atom stereocenters. The predicted octanol–water partition coefficient (Wildman–Crippen LogP) is 1.47. The van der Waals surface area contributed by atoms with Crippen LogP contribution in [0.2, 0.25) is 0 Å². The Balaban J connectivity index is 2.03. The number of hydrogen-bond acceptors (Lipinski definition) is 6. The summed E-state index contributed by atoms with van der Waals surface area (Å²) in [6, 6.07) is 1.85. The van der Waals surface area contributed by atoms with Gasteiger partial charge < -0.3 is 14.4 Å². The molecule has 0 radical (unpaired) electrons. The lowest BCUT2D eigenvalue weighted by molar-refractivity contribution is -0.385. The second kappa shape index (κ2) is 5.40. The van der Waals surface area contributed by atoms with Crippen LogP contribution in [0.5, 0.6) is 11.6 Å². The number of methoxy groups -OCH3 is 1. The smallest absolute Gasteiger partial charge is 0.291 e. The molecule has 104 valence electrons. The zero-order valence-electron chi connectivity index (χ0n) is 11.2. The molecule has 0 aromatic carbocycles. The van der Waals surface area contributed by atoms with Gasteiger partial charge in [0.25, 0.3) is 11.6 Å². The van der Waals surface area contributed by atoms with Gasteiger partial charge in [-0.25, -0.2) is 4.98 Å². The molecule has 0 aliphatic heterocycles. The van der Waals surface area contributed by atoms with Crippen molar-refractivity contribution < 1.29 is 14.4 Å². The molecule has 1 saturated carbocycles. The maximum absolute atomic E-state index is 10.7. The fraction of sp³-hybridized carbons (Fsp3) is 0.583. The van der Waals surface area contributed by atoms with Crippen molar-refractivity contribution in [1.29, 1.82) is 0 Å². The molecule has 2 rings (SSSR count). The van der Waals surface area contributed by atoms with Crippen LogP contribution in [0.3, 0.4) is 0 Å². The number of rotatable bonds is 5. The van der Waals surface area contributed by atoms with Crippen molar-refractivity contribution in [3.8, 4) is 11.6 Å². The second-order valence-corrected chi connectivity index (χ2v) is 4.79. The minimum absolute atomic E-state index is 0.0928. The predicted molar refractivity (Wildman–Crippen MR) is 68.6 cm³/mol. The normalized spacial score (nSPS) is 21.9. The topological polar surface area (TPSA) is 77.7 Å². The summed E-state index contributed by atoms with van der Waals surface area (Å²) >= 11 is 0. The Morgan fingerprint density at radius 1 is 1.47 bits per heavy atom. The molecule has 1 aliphatic carbocycles. The van der Waals surface area contributed by atoms with Gasteiger partial charge in [0.2, 0.25) is 0 Å². The Hall–Kier alpha value is -1.89. The van der Waals surface area contributed by atoms with Gasteiger partial charge in [-0.15, -0.1) is 0 Å². The average molecular weight is 267 g/mol. The first-order valence-corrected chi connectivity index (χ1v) is 6.02. The van der Waals surface area contributed by atoms with E-state index in [-0.39, 0.29) is 11.8 Å². The van der Waals surface area contributed by atoms with Crippen molar-refractivity contribution in [1.82, 2.24) is 9.88 Å². The van der Waals surface area contributed by atoms with Crippen LogP contribution in [0.15, 0.2) is 12.3 Å². The van der Waals surface area contributed by atoms with Crippen molar-refractivity contribution in [3.05, 3.63) is 22.4 Å². The molecule has 0 bridgehead atoms. The van der Waals surface area contributed by atoms with E-state index in [9.17, 15) is 10.1 Å². The Morgan fingerprint density at radius 2 is 2.16 bits per heavy atom. The average Bonchev–Trinajstić information content (AvgIpc) is 2.32. The highest BCUT2D eigenvalue weighted by molar-refractivity contribution is 5.42. The van der Waals surface area contributed by atoms with Gasteiger partial charge in [0.15, 0.2) is 5.75 Å². The SMILES string of the molecule is COc1cc([N+](=O)[O-])cnc1OC1CC(N(C)C)C1. The summed E-state index contributed by atoms with van der Waals surface area (Å²) in [5.74, 6) is 0.609. The third-order valence-corrected chi connectivity index (χ3v) is 3.31.